The van der Waals surface area contributed by atoms with E-state index in [4.69, 9.17) is 14.5 Å². The van der Waals surface area contributed by atoms with Gasteiger partial charge in [-0.05, 0) is 69.5 Å². The molecule has 0 aliphatic carbocycles. The van der Waals surface area contributed by atoms with Crippen LogP contribution in [0.25, 0.3) is 22.4 Å². The highest BCUT2D eigenvalue weighted by atomic mass is 32.2. The molecular weight excluding hydrogens is 398 g/mol. The molecule has 1 aliphatic heterocycles. The van der Waals surface area contributed by atoms with E-state index in [1.807, 2.05) is 63.2 Å². The second kappa shape index (κ2) is 8.22. The van der Waals surface area contributed by atoms with E-state index < -0.39 is 0 Å². The van der Waals surface area contributed by atoms with Crippen LogP contribution in [-0.4, -0.2) is 39.8 Å². The lowest BCUT2D eigenvalue weighted by Gasteiger charge is -2.27. The number of hydrogen-bond donors (Lipinski definition) is 1. The van der Waals surface area contributed by atoms with Crippen LogP contribution in [-0.2, 0) is 4.79 Å². The van der Waals surface area contributed by atoms with Crippen LogP contribution in [0.15, 0.2) is 42.5 Å². The van der Waals surface area contributed by atoms with Gasteiger partial charge in [-0.1, -0.05) is 12.1 Å². The van der Waals surface area contributed by atoms with Crippen molar-refractivity contribution in [2.75, 3.05) is 18.8 Å². The monoisotopic (exact) mass is 425 g/mol. The summed E-state index contributed by atoms with van der Waals surface area (Å²) in [4.78, 5) is 18.3. The molecule has 0 bridgehead atoms. The molecule has 1 N–H and O–H groups in total. The van der Waals surface area contributed by atoms with Crippen molar-refractivity contribution in [3.05, 3.63) is 42.5 Å². The first-order valence-corrected chi connectivity index (χ1v) is 11.4. The van der Waals surface area contributed by atoms with Gasteiger partial charge in [-0.2, -0.15) is 11.8 Å². The highest BCUT2D eigenvalue weighted by molar-refractivity contribution is 7.98. The predicted molar refractivity (Wildman–Crippen MR) is 121 cm³/mol. The third-order valence-corrected chi connectivity index (χ3v) is 5.58. The van der Waals surface area contributed by atoms with E-state index in [1.54, 1.807) is 11.8 Å². The van der Waals surface area contributed by atoms with Crippen molar-refractivity contribution in [1.29, 1.82) is 0 Å². The maximum Gasteiger partial charge on any atom is 0.243 e. The van der Waals surface area contributed by atoms with Crippen molar-refractivity contribution in [3.63, 3.8) is 0 Å². The minimum atomic E-state index is -0.371. The van der Waals surface area contributed by atoms with E-state index >= 15 is 0 Å². The maximum atomic E-state index is 13.4. The molecule has 1 aliphatic rings. The van der Waals surface area contributed by atoms with Crippen LogP contribution in [0.2, 0.25) is 0 Å². The van der Waals surface area contributed by atoms with Crippen molar-refractivity contribution in [2.24, 2.45) is 0 Å². The maximum absolute atomic E-state index is 13.4. The molecule has 0 saturated carbocycles. The van der Waals surface area contributed by atoms with Gasteiger partial charge >= 0.3 is 0 Å². The van der Waals surface area contributed by atoms with Crippen molar-refractivity contribution < 1.29 is 14.3 Å². The number of amides is 1. The lowest BCUT2D eigenvalue weighted by Crippen LogP contribution is -2.44. The van der Waals surface area contributed by atoms with Gasteiger partial charge in [0.2, 0.25) is 12.7 Å². The molecule has 0 fully saturated rings. The fraction of sp³-hybridized carbons (Fsp3) is 0.391. The first-order chi connectivity index (χ1) is 14.4. The first-order valence-electron chi connectivity index (χ1n) is 10.1. The van der Waals surface area contributed by atoms with E-state index in [-0.39, 0.29) is 24.3 Å². The van der Waals surface area contributed by atoms with Gasteiger partial charge in [-0.15, -0.1) is 0 Å². The lowest BCUT2D eigenvalue weighted by molar-refractivity contribution is -0.125. The molecule has 4 rings (SSSR count). The van der Waals surface area contributed by atoms with Crippen molar-refractivity contribution in [2.45, 2.75) is 38.8 Å². The number of para-hydroxylation sites is 2. The standard InChI is InChI=1S/C23H27N3O3S/c1-23(2,3)25-22(27)18(11-12-30-4)26-17-8-6-5-7-16(17)24-21(26)15-9-10-19-20(13-15)29-14-28-19/h5-10,13,18H,11-12,14H2,1-4H3,(H,25,27). The fourth-order valence-electron chi connectivity index (χ4n) is 3.66. The summed E-state index contributed by atoms with van der Waals surface area (Å²) in [7, 11) is 0. The van der Waals surface area contributed by atoms with Crippen LogP contribution in [0.3, 0.4) is 0 Å². The van der Waals surface area contributed by atoms with Gasteiger partial charge in [-0.25, -0.2) is 4.98 Å². The molecule has 30 heavy (non-hydrogen) atoms. The number of ether oxygens (including phenoxy) is 2. The molecule has 7 heteroatoms. The third kappa shape index (κ3) is 4.12. The molecule has 0 saturated heterocycles. The SMILES string of the molecule is CSCCC(C(=O)NC(C)(C)C)n1c(-c2ccc3c(c2)OCO3)nc2ccccc21. The number of carbonyl (C=O) groups excluding carboxylic acids is 1. The minimum Gasteiger partial charge on any atom is -0.454 e. The molecule has 2 aromatic carbocycles. The Balaban J connectivity index is 1.86. The van der Waals surface area contributed by atoms with Gasteiger partial charge in [0.15, 0.2) is 11.5 Å². The van der Waals surface area contributed by atoms with E-state index in [0.717, 1.165) is 33.9 Å². The van der Waals surface area contributed by atoms with Crippen LogP contribution in [0.1, 0.15) is 33.2 Å². The molecule has 1 atom stereocenters. The Morgan fingerprint density at radius 1 is 1.20 bits per heavy atom. The summed E-state index contributed by atoms with van der Waals surface area (Å²) in [5.41, 5.74) is 2.39. The topological polar surface area (TPSA) is 65.4 Å². The molecule has 0 spiro atoms. The largest absolute Gasteiger partial charge is 0.454 e. The number of imidazole rings is 1. The molecule has 1 unspecified atom stereocenters. The molecule has 158 valence electrons. The number of aromatic nitrogens is 2. The second-order valence-corrected chi connectivity index (χ2v) is 9.38. The van der Waals surface area contributed by atoms with Gasteiger partial charge in [0.05, 0.1) is 11.0 Å². The van der Waals surface area contributed by atoms with Crippen LogP contribution in [0, 0.1) is 0 Å². The Bertz CT molecular complexity index is 1070. The van der Waals surface area contributed by atoms with Gasteiger partial charge in [-0.3, -0.25) is 4.79 Å². The zero-order chi connectivity index (χ0) is 21.3. The Labute approximate surface area is 181 Å². The van der Waals surface area contributed by atoms with Crippen molar-refractivity contribution >= 4 is 28.7 Å². The first kappa shape index (κ1) is 20.6. The van der Waals surface area contributed by atoms with E-state index in [1.165, 1.54) is 0 Å². The second-order valence-electron chi connectivity index (χ2n) is 8.40. The van der Waals surface area contributed by atoms with Crippen molar-refractivity contribution in [1.82, 2.24) is 14.9 Å². The molecule has 1 amide bonds. The average Bonchev–Trinajstić information content (AvgIpc) is 3.31. The van der Waals surface area contributed by atoms with Gasteiger partial charge in [0.25, 0.3) is 0 Å². The number of rotatable bonds is 6. The van der Waals surface area contributed by atoms with Gasteiger partial charge < -0.3 is 19.4 Å². The number of thioether (sulfide) groups is 1. The number of nitrogens with zero attached hydrogens (tertiary/aromatic N) is 2. The Hall–Kier alpha value is -2.67. The molecule has 0 radical (unpaired) electrons. The quantitative estimate of drug-likeness (QED) is 0.623. The summed E-state index contributed by atoms with van der Waals surface area (Å²) < 4.78 is 13.1. The smallest absolute Gasteiger partial charge is 0.243 e. The lowest BCUT2D eigenvalue weighted by atomic mass is 10.1. The third-order valence-electron chi connectivity index (χ3n) is 4.93. The highest BCUT2D eigenvalue weighted by Crippen LogP contribution is 2.38. The van der Waals surface area contributed by atoms with E-state index in [2.05, 4.69) is 16.1 Å². The van der Waals surface area contributed by atoms with Crippen LogP contribution < -0.4 is 14.8 Å². The highest BCUT2D eigenvalue weighted by Gasteiger charge is 2.29. The molecule has 3 aromatic rings. The Kier molecular flexibility index (Phi) is 5.64. The number of carbonyl (C=O) groups is 1. The molecule has 6 nitrogen and oxygen atoms in total. The van der Waals surface area contributed by atoms with Crippen LogP contribution in [0.4, 0.5) is 0 Å². The zero-order valence-corrected chi connectivity index (χ0v) is 18.6. The average molecular weight is 426 g/mol. The van der Waals surface area contributed by atoms with Gasteiger partial charge in [0, 0.05) is 11.1 Å². The fourth-order valence-corrected chi connectivity index (χ4v) is 4.12. The molecule has 2 heterocycles. The number of hydrogen-bond acceptors (Lipinski definition) is 5. The zero-order valence-electron chi connectivity index (χ0n) is 17.8. The summed E-state index contributed by atoms with van der Waals surface area (Å²) in [6, 6.07) is 13.4. The summed E-state index contributed by atoms with van der Waals surface area (Å²) >= 11 is 1.74. The number of nitrogens with one attached hydrogen (secondary N) is 1. The predicted octanol–water partition coefficient (Wildman–Crippen LogP) is 4.64. The van der Waals surface area contributed by atoms with Crippen molar-refractivity contribution in [3.8, 4) is 22.9 Å². The van der Waals surface area contributed by atoms with Gasteiger partial charge in [0.1, 0.15) is 11.9 Å². The normalized spacial score (nSPS) is 14.1. The summed E-state index contributed by atoms with van der Waals surface area (Å²) in [5, 5.41) is 3.16. The van der Waals surface area contributed by atoms with E-state index in [0.29, 0.717) is 12.2 Å². The number of fused-ring (bicyclic) bond motifs is 2. The number of benzene rings is 2. The van der Waals surface area contributed by atoms with Crippen LogP contribution >= 0.6 is 11.8 Å². The Morgan fingerprint density at radius 3 is 2.73 bits per heavy atom. The summed E-state index contributed by atoms with van der Waals surface area (Å²) in [6.45, 7) is 6.23. The summed E-state index contributed by atoms with van der Waals surface area (Å²) in [6.07, 6.45) is 2.77. The summed E-state index contributed by atoms with van der Waals surface area (Å²) in [5.74, 6) is 3.05. The Morgan fingerprint density at radius 2 is 1.97 bits per heavy atom. The van der Waals surface area contributed by atoms with Crippen LogP contribution in [0.5, 0.6) is 11.5 Å². The minimum absolute atomic E-state index is 0.00157. The molecular formula is C23H27N3O3S. The molecule has 1 aromatic heterocycles. The van der Waals surface area contributed by atoms with E-state index in [9.17, 15) is 4.79 Å².